The van der Waals surface area contributed by atoms with Crippen molar-refractivity contribution in [1.82, 2.24) is 14.7 Å². The van der Waals surface area contributed by atoms with E-state index in [-0.39, 0.29) is 18.4 Å². The maximum atomic E-state index is 13.0. The van der Waals surface area contributed by atoms with Gasteiger partial charge in [0.1, 0.15) is 6.61 Å². The van der Waals surface area contributed by atoms with E-state index in [1.54, 1.807) is 16.6 Å². The topological polar surface area (TPSA) is 76.5 Å². The Bertz CT molecular complexity index is 841. The first-order valence-corrected chi connectivity index (χ1v) is 8.54. The molecule has 2 amide bonds. The standard InChI is InChI=1S/C19H24N4O3/c1-11-6-8-14(9-7-11)17-18(26-10-15(24)22(17)4)19(25)20-16-12(2)21-23(5)13(16)3/h6-9,17-18H,10H2,1-5H3,(H,20,25)/t17-,18-/m0/s1. The molecule has 2 aromatic rings. The lowest BCUT2D eigenvalue weighted by Gasteiger charge is -2.38. The summed E-state index contributed by atoms with van der Waals surface area (Å²) >= 11 is 0. The summed E-state index contributed by atoms with van der Waals surface area (Å²) in [5.41, 5.74) is 4.27. The predicted octanol–water partition coefficient (Wildman–Crippen LogP) is 1.88. The lowest BCUT2D eigenvalue weighted by molar-refractivity contribution is -0.160. The van der Waals surface area contributed by atoms with Crippen LogP contribution in [0.25, 0.3) is 0 Å². The molecule has 0 saturated carbocycles. The Morgan fingerprint density at radius 3 is 2.42 bits per heavy atom. The minimum absolute atomic E-state index is 0.109. The summed E-state index contributed by atoms with van der Waals surface area (Å²) in [5.74, 6) is -0.428. The number of carbonyl (C=O) groups is 2. The largest absolute Gasteiger partial charge is 0.356 e. The number of aryl methyl sites for hydroxylation is 3. The van der Waals surface area contributed by atoms with Gasteiger partial charge < -0.3 is 15.0 Å². The van der Waals surface area contributed by atoms with Crippen molar-refractivity contribution in [2.75, 3.05) is 19.0 Å². The van der Waals surface area contributed by atoms with Crippen LogP contribution in [0.15, 0.2) is 24.3 Å². The molecule has 3 rings (SSSR count). The van der Waals surface area contributed by atoms with Crippen LogP contribution in [0.4, 0.5) is 5.69 Å². The molecule has 1 aliphatic rings. The number of anilines is 1. The molecule has 0 unspecified atom stereocenters. The van der Waals surface area contributed by atoms with Gasteiger partial charge in [-0.1, -0.05) is 29.8 Å². The molecule has 1 N–H and O–H groups in total. The number of aromatic nitrogens is 2. The van der Waals surface area contributed by atoms with Gasteiger partial charge in [-0.05, 0) is 26.3 Å². The van der Waals surface area contributed by atoms with Crippen molar-refractivity contribution < 1.29 is 14.3 Å². The Kier molecular flexibility index (Phi) is 4.82. The molecule has 1 aromatic heterocycles. The van der Waals surface area contributed by atoms with Crippen LogP contribution in [0, 0.1) is 20.8 Å². The number of morpholine rings is 1. The summed E-state index contributed by atoms with van der Waals surface area (Å²) in [6.45, 7) is 5.62. The van der Waals surface area contributed by atoms with E-state index in [4.69, 9.17) is 4.74 Å². The summed E-state index contributed by atoms with van der Waals surface area (Å²) < 4.78 is 7.37. The fourth-order valence-corrected chi connectivity index (χ4v) is 3.24. The second-order valence-electron chi connectivity index (χ2n) is 6.75. The van der Waals surface area contributed by atoms with E-state index >= 15 is 0 Å². The van der Waals surface area contributed by atoms with Crippen LogP contribution >= 0.6 is 0 Å². The van der Waals surface area contributed by atoms with Crippen molar-refractivity contribution in [3.63, 3.8) is 0 Å². The molecule has 1 aromatic carbocycles. The molecular weight excluding hydrogens is 332 g/mol. The number of hydrogen-bond donors (Lipinski definition) is 1. The van der Waals surface area contributed by atoms with E-state index in [1.165, 1.54) is 0 Å². The van der Waals surface area contributed by atoms with E-state index < -0.39 is 12.1 Å². The fraction of sp³-hybridized carbons (Fsp3) is 0.421. The van der Waals surface area contributed by atoms with Crippen LogP contribution in [-0.4, -0.2) is 46.3 Å². The van der Waals surface area contributed by atoms with E-state index in [9.17, 15) is 9.59 Å². The lowest BCUT2D eigenvalue weighted by Crippen LogP contribution is -2.51. The van der Waals surface area contributed by atoms with Gasteiger partial charge >= 0.3 is 0 Å². The number of rotatable bonds is 3. The highest BCUT2D eigenvalue weighted by atomic mass is 16.5. The number of ether oxygens (including phenoxy) is 1. The van der Waals surface area contributed by atoms with Gasteiger partial charge in [0.2, 0.25) is 5.91 Å². The van der Waals surface area contributed by atoms with Gasteiger partial charge in [0.25, 0.3) is 5.91 Å². The van der Waals surface area contributed by atoms with Gasteiger partial charge in [-0.3, -0.25) is 14.3 Å². The third-order valence-corrected chi connectivity index (χ3v) is 4.92. The molecule has 138 valence electrons. The first-order valence-electron chi connectivity index (χ1n) is 8.54. The average Bonchev–Trinajstić information content (AvgIpc) is 2.84. The molecule has 26 heavy (non-hydrogen) atoms. The Labute approximate surface area is 152 Å². The van der Waals surface area contributed by atoms with E-state index in [0.717, 1.165) is 22.5 Å². The molecule has 7 nitrogen and oxygen atoms in total. The Morgan fingerprint density at radius 2 is 1.85 bits per heavy atom. The van der Waals surface area contributed by atoms with E-state index in [1.807, 2.05) is 52.1 Å². The zero-order valence-corrected chi connectivity index (χ0v) is 15.7. The summed E-state index contributed by atoms with van der Waals surface area (Å²) in [6, 6.07) is 7.31. The molecule has 1 saturated heterocycles. The lowest BCUT2D eigenvalue weighted by atomic mass is 9.96. The summed E-state index contributed by atoms with van der Waals surface area (Å²) in [5, 5.41) is 7.25. The number of likely N-dealkylation sites (N-methyl/N-ethyl adjacent to an activating group) is 1. The third-order valence-electron chi connectivity index (χ3n) is 4.92. The van der Waals surface area contributed by atoms with E-state index in [0.29, 0.717) is 5.69 Å². The molecule has 2 atom stereocenters. The molecule has 7 heteroatoms. The van der Waals surface area contributed by atoms with Crippen molar-refractivity contribution in [1.29, 1.82) is 0 Å². The smallest absolute Gasteiger partial charge is 0.256 e. The van der Waals surface area contributed by atoms with Gasteiger partial charge in [-0.25, -0.2) is 0 Å². The minimum Gasteiger partial charge on any atom is -0.356 e. The highest BCUT2D eigenvalue weighted by molar-refractivity contribution is 5.97. The van der Waals surface area contributed by atoms with Gasteiger partial charge in [0.05, 0.1) is 23.1 Å². The number of nitrogens with zero attached hydrogens (tertiary/aromatic N) is 3. The first kappa shape index (κ1) is 18.1. The Hall–Kier alpha value is -2.67. The van der Waals surface area contributed by atoms with Crippen LogP contribution in [0.2, 0.25) is 0 Å². The highest BCUT2D eigenvalue weighted by Gasteiger charge is 2.40. The number of nitrogens with one attached hydrogen (secondary N) is 1. The second kappa shape index (κ2) is 6.92. The van der Waals surface area contributed by atoms with Crippen LogP contribution in [-0.2, 0) is 21.4 Å². The molecular formula is C19H24N4O3. The van der Waals surface area contributed by atoms with Gasteiger partial charge in [-0.2, -0.15) is 5.10 Å². The number of hydrogen-bond acceptors (Lipinski definition) is 4. The molecule has 0 radical (unpaired) electrons. The summed E-state index contributed by atoms with van der Waals surface area (Å²) in [6.07, 6.45) is -0.792. The molecule has 0 spiro atoms. The SMILES string of the molecule is Cc1ccc([C@H]2[C@@H](C(=O)Nc3c(C)nn(C)c3C)OCC(=O)N2C)cc1. The molecule has 0 aliphatic carbocycles. The maximum Gasteiger partial charge on any atom is 0.256 e. The summed E-state index contributed by atoms with van der Waals surface area (Å²) in [4.78, 5) is 26.7. The van der Waals surface area contributed by atoms with Crippen molar-refractivity contribution >= 4 is 17.5 Å². The minimum atomic E-state index is -0.792. The zero-order chi connectivity index (χ0) is 19.0. The fourth-order valence-electron chi connectivity index (χ4n) is 3.24. The van der Waals surface area contributed by atoms with Crippen LogP contribution in [0.3, 0.4) is 0 Å². The molecule has 0 bridgehead atoms. The summed E-state index contributed by atoms with van der Waals surface area (Å²) in [7, 11) is 3.53. The monoisotopic (exact) mass is 356 g/mol. The number of benzene rings is 1. The van der Waals surface area contributed by atoms with Gasteiger partial charge in [-0.15, -0.1) is 0 Å². The van der Waals surface area contributed by atoms with Crippen molar-refractivity contribution in [3.05, 3.63) is 46.8 Å². The molecule has 1 fully saturated rings. The van der Waals surface area contributed by atoms with Gasteiger partial charge in [0, 0.05) is 14.1 Å². The van der Waals surface area contributed by atoms with Crippen molar-refractivity contribution in [3.8, 4) is 0 Å². The normalized spacial score (nSPS) is 20.3. The quantitative estimate of drug-likeness (QED) is 0.911. The predicted molar refractivity (Wildman–Crippen MR) is 97.7 cm³/mol. The van der Waals surface area contributed by atoms with Crippen LogP contribution in [0.5, 0.6) is 0 Å². The van der Waals surface area contributed by atoms with Crippen molar-refractivity contribution in [2.24, 2.45) is 7.05 Å². The van der Waals surface area contributed by atoms with Crippen molar-refractivity contribution in [2.45, 2.75) is 32.9 Å². The zero-order valence-electron chi connectivity index (χ0n) is 15.7. The first-order chi connectivity index (χ1) is 12.3. The molecule has 1 aliphatic heterocycles. The second-order valence-corrected chi connectivity index (χ2v) is 6.75. The third kappa shape index (κ3) is 3.22. The Morgan fingerprint density at radius 1 is 1.19 bits per heavy atom. The average molecular weight is 356 g/mol. The molecule has 2 heterocycles. The highest BCUT2D eigenvalue weighted by Crippen LogP contribution is 2.30. The maximum absolute atomic E-state index is 13.0. The van der Waals surface area contributed by atoms with Gasteiger partial charge in [0.15, 0.2) is 6.10 Å². The Balaban J connectivity index is 1.91. The van der Waals surface area contributed by atoms with Crippen LogP contribution in [0.1, 0.15) is 28.6 Å². The number of amides is 2. The van der Waals surface area contributed by atoms with E-state index in [2.05, 4.69) is 10.4 Å². The van der Waals surface area contributed by atoms with Crippen LogP contribution < -0.4 is 5.32 Å². The number of carbonyl (C=O) groups excluding carboxylic acids is 2.